The predicted octanol–water partition coefficient (Wildman–Crippen LogP) is -0.754. The number of hydrogen-bond donors (Lipinski definition) is 3. The van der Waals surface area contributed by atoms with Gasteiger partial charge in [0, 0.05) is 6.54 Å². The first-order chi connectivity index (χ1) is 9.68. The molecule has 21 heavy (non-hydrogen) atoms. The highest BCUT2D eigenvalue weighted by Gasteiger charge is 2.19. The fourth-order valence-corrected chi connectivity index (χ4v) is 3.72. The van der Waals surface area contributed by atoms with Crippen molar-refractivity contribution in [2.75, 3.05) is 5.73 Å². The van der Waals surface area contributed by atoms with Crippen molar-refractivity contribution in [3.05, 3.63) is 29.8 Å². The molecule has 0 spiro atoms. The number of hydrogen-bond acceptors (Lipinski definition) is 8. The summed E-state index contributed by atoms with van der Waals surface area (Å²) in [5.74, 6) is 0. The highest BCUT2D eigenvalue weighted by Crippen LogP contribution is 2.17. The van der Waals surface area contributed by atoms with Gasteiger partial charge in [0.2, 0.25) is 19.5 Å². The van der Waals surface area contributed by atoms with E-state index < -0.39 is 20.0 Å². The largest absolute Gasteiger partial charge is 0.374 e. The van der Waals surface area contributed by atoms with Crippen LogP contribution < -0.4 is 15.6 Å². The van der Waals surface area contributed by atoms with Gasteiger partial charge >= 0.3 is 0 Å². The molecule has 1 heterocycles. The lowest BCUT2D eigenvalue weighted by molar-refractivity contribution is 0.579. The van der Waals surface area contributed by atoms with Gasteiger partial charge in [-0.15, -0.1) is 10.2 Å². The van der Waals surface area contributed by atoms with Crippen LogP contribution in [0.25, 0.3) is 0 Å². The molecule has 2 rings (SSSR count). The lowest BCUT2D eigenvalue weighted by Crippen LogP contribution is -2.23. The van der Waals surface area contributed by atoms with Crippen LogP contribution in [-0.2, 0) is 26.6 Å². The molecule has 0 saturated carbocycles. The van der Waals surface area contributed by atoms with E-state index in [1.807, 2.05) is 0 Å². The fourth-order valence-electron chi connectivity index (χ4n) is 1.37. The smallest absolute Gasteiger partial charge is 0.270 e. The Labute approximate surface area is 125 Å². The quantitative estimate of drug-likeness (QED) is 0.640. The van der Waals surface area contributed by atoms with E-state index >= 15 is 0 Å². The van der Waals surface area contributed by atoms with Crippen LogP contribution in [0.2, 0.25) is 0 Å². The summed E-state index contributed by atoms with van der Waals surface area (Å²) in [6.07, 6.45) is 0. The molecular weight excluding hydrogens is 338 g/mol. The van der Waals surface area contributed by atoms with E-state index in [2.05, 4.69) is 14.9 Å². The molecule has 0 atom stereocenters. The Kier molecular flexibility index (Phi) is 4.25. The second kappa shape index (κ2) is 5.65. The van der Waals surface area contributed by atoms with E-state index in [9.17, 15) is 16.8 Å². The maximum atomic E-state index is 11.9. The molecular formula is C9H11N5O4S3. The van der Waals surface area contributed by atoms with Crippen molar-refractivity contribution in [2.45, 2.75) is 15.8 Å². The van der Waals surface area contributed by atoms with Gasteiger partial charge < -0.3 is 5.73 Å². The van der Waals surface area contributed by atoms with Crippen LogP contribution in [0.4, 0.5) is 5.13 Å². The Balaban J connectivity index is 2.10. The van der Waals surface area contributed by atoms with Gasteiger partial charge in [-0.25, -0.2) is 26.7 Å². The standard InChI is InChI=1S/C9H11N5O4S3/c10-8-13-14-9(19-8)21(17,18)12-5-6-1-3-7(4-2-6)20(11,15)16/h1-4,12H,5H2,(H2,10,13)(H2,11,15,16). The number of aromatic nitrogens is 2. The minimum absolute atomic E-state index is 0.0350. The average Bonchev–Trinajstić information content (AvgIpc) is 2.83. The molecule has 0 aliphatic rings. The van der Waals surface area contributed by atoms with Gasteiger partial charge in [-0.1, -0.05) is 23.5 Å². The van der Waals surface area contributed by atoms with Crippen molar-refractivity contribution in [3.63, 3.8) is 0 Å². The van der Waals surface area contributed by atoms with Crippen molar-refractivity contribution in [1.29, 1.82) is 0 Å². The first-order valence-corrected chi connectivity index (χ1v) is 9.23. The Hall–Kier alpha value is -1.60. The van der Waals surface area contributed by atoms with Crippen LogP contribution >= 0.6 is 11.3 Å². The lowest BCUT2D eigenvalue weighted by Gasteiger charge is -2.04. The number of anilines is 1. The number of nitrogens with zero attached hydrogens (tertiary/aromatic N) is 2. The molecule has 5 N–H and O–H groups in total. The molecule has 114 valence electrons. The van der Waals surface area contributed by atoms with Crippen molar-refractivity contribution in [2.24, 2.45) is 5.14 Å². The van der Waals surface area contributed by atoms with Crippen LogP contribution in [0.5, 0.6) is 0 Å². The second-order valence-electron chi connectivity index (χ2n) is 3.92. The van der Waals surface area contributed by atoms with Gasteiger partial charge in [0.05, 0.1) is 4.90 Å². The maximum absolute atomic E-state index is 11.9. The molecule has 0 unspecified atom stereocenters. The monoisotopic (exact) mass is 349 g/mol. The summed E-state index contributed by atoms with van der Waals surface area (Å²) in [7, 11) is -7.58. The molecule has 1 aromatic heterocycles. The Morgan fingerprint density at radius 2 is 1.71 bits per heavy atom. The second-order valence-corrected chi connectivity index (χ2v) is 8.43. The van der Waals surface area contributed by atoms with Crippen LogP contribution in [0.1, 0.15) is 5.56 Å². The highest BCUT2D eigenvalue weighted by molar-refractivity contribution is 7.91. The third-order valence-electron chi connectivity index (χ3n) is 2.37. The summed E-state index contributed by atoms with van der Waals surface area (Å²) in [4.78, 5) is -0.0500. The van der Waals surface area contributed by atoms with E-state index in [0.717, 1.165) is 11.3 Å². The normalized spacial score (nSPS) is 12.4. The summed E-state index contributed by atoms with van der Waals surface area (Å²) < 4.78 is 48.0. The SMILES string of the molecule is Nc1nnc(S(=O)(=O)NCc2ccc(S(N)(=O)=O)cc2)s1. The van der Waals surface area contributed by atoms with E-state index in [1.165, 1.54) is 24.3 Å². The van der Waals surface area contributed by atoms with Crippen molar-refractivity contribution >= 4 is 36.5 Å². The number of nitrogen functional groups attached to an aromatic ring is 1. The molecule has 0 radical (unpaired) electrons. The average molecular weight is 349 g/mol. The first-order valence-electron chi connectivity index (χ1n) is 5.39. The van der Waals surface area contributed by atoms with Crippen LogP contribution in [0.15, 0.2) is 33.5 Å². The van der Waals surface area contributed by atoms with Gasteiger partial charge in [0.1, 0.15) is 0 Å². The number of sulfonamides is 2. The number of benzene rings is 1. The third-order valence-corrected chi connectivity index (χ3v) is 5.82. The summed E-state index contributed by atoms with van der Waals surface area (Å²) >= 11 is 0.745. The minimum atomic E-state index is -3.80. The zero-order chi connectivity index (χ0) is 15.7. The molecule has 0 amide bonds. The number of nitrogens with one attached hydrogen (secondary N) is 1. The zero-order valence-electron chi connectivity index (χ0n) is 10.4. The van der Waals surface area contributed by atoms with Gasteiger partial charge in [-0.2, -0.15) is 0 Å². The predicted molar refractivity (Wildman–Crippen MR) is 76.2 cm³/mol. The number of nitrogens with two attached hydrogens (primary N) is 2. The summed E-state index contributed by atoms with van der Waals surface area (Å²) in [5.41, 5.74) is 5.88. The zero-order valence-corrected chi connectivity index (χ0v) is 12.9. The van der Waals surface area contributed by atoms with Crippen molar-refractivity contribution < 1.29 is 16.8 Å². The molecule has 0 aliphatic heterocycles. The molecule has 0 fully saturated rings. The molecule has 9 nitrogen and oxygen atoms in total. The molecule has 0 bridgehead atoms. The topological polar surface area (TPSA) is 158 Å². The molecule has 0 saturated heterocycles. The summed E-state index contributed by atoms with van der Waals surface area (Å²) in [6.45, 7) is -0.0350. The Morgan fingerprint density at radius 1 is 1.10 bits per heavy atom. The fraction of sp³-hybridized carbons (Fsp3) is 0.111. The number of rotatable bonds is 5. The minimum Gasteiger partial charge on any atom is -0.374 e. The van der Waals surface area contributed by atoms with Crippen LogP contribution in [-0.4, -0.2) is 27.0 Å². The van der Waals surface area contributed by atoms with Gasteiger partial charge in [0.25, 0.3) is 10.0 Å². The van der Waals surface area contributed by atoms with E-state index in [0.29, 0.717) is 5.56 Å². The summed E-state index contributed by atoms with van der Waals surface area (Å²) in [6, 6.07) is 5.50. The molecule has 0 aliphatic carbocycles. The van der Waals surface area contributed by atoms with Gasteiger partial charge in [-0.05, 0) is 17.7 Å². The lowest BCUT2D eigenvalue weighted by atomic mass is 10.2. The molecule has 12 heteroatoms. The van der Waals surface area contributed by atoms with Crippen molar-refractivity contribution in [3.8, 4) is 0 Å². The van der Waals surface area contributed by atoms with Gasteiger partial charge in [0.15, 0.2) is 0 Å². The van der Waals surface area contributed by atoms with E-state index in [4.69, 9.17) is 10.9 Å². The first kappa shape index (κ1) is 15.8. The van der Waals surface area contributed by atoms with Crippen LogP contribution in [0.3, 0.4) is 0 Å². The number of primary sulfonamides is 1. The van der Waals surface area contributed by atoms with Crippen LogP contribution in [0, 0.1) is 0 Å². The molecule has 2 aromatic rings. The Morgan fingerprint density at radius 3 is 2.19 bits per heavy atom. The Bertz CT molecular complexity index is 842. The molecule has 1 aromatic carbocycles. The highest BCUT2D eigenvalue weighted by atomic mass is 32.2. The van der Waals surface area contributed by atoms with Crippen molar-refractivity contribution in [1.82, 2.24) is 14.9 Å². The maximum Gasteiger partial charge on any atom is 0.270 e. The van der Waals surface area contributed by atoms with Gasteiger partial charge in [-0.3, -0.25) is 0 Å². The van der Waals surface area contributed by atoms with E-state index in [1.54, 1.807) is 0 Å². The third kappa shape index (κ3) is 3.95. The van der Waals surface area contributed by atoms with E-state index in [-0.39, 0.29) is 20.9 Å². The summed E-state index contributed by atoms with van der Waals surface area (Å²) in [5, 5.41) is 11.9.